The van der Waals surface area contributed by atoms with E-state index in [-0.39, 0.29) is 5.97 Å². The molecule has 0 atom stereocenters. The van der Waals surface area contributed by atoms with E-state index < -0.39 is 5.60 Å². The van der Waals surface area contributed by atoms with Crippen LogP contribution >= 0.6 is 15.9 Å². The Morgan fingerprint density at radius 3 is 2.58 bits per heavy atom. The van der Waals surface area contributed by atoms with Crippen LogP contribution in [0.1, 0.15) is 44.5 Å². The predicted octanol–water partition coefficient (Wildman–Crippen LogP) is 3.65. The van der Waals surface area contributed by atoms with Gasteiger partial charge >= 0.3 is 5.97 Å². The Bertz CT molecular complexity index is 455. The summed E-state index contributed by atoms with van der Waals surface area (Å²) in [6, 6.07) is 3.44. The molecule has 0 radical (unpaired) electrons. The van der Waals surface area contributed by atoms with Gasteiger partial charge in [-0.05, 0) is 55.3 Å². The predicted molar refractivity (Wildman–Crippen MR) is 80.7 cm³/mol. The summed E-state index contributed by atoms with van der Waals surface area (Å²) in [5, 5.41) is 0. The maximum absolute atomic E-state index is 12.1. The van der Waals surface area contributed by atoms with Crippen LogP contribution in [0, 0.1) is 0 Å². The Morgan fingerprint density at radius 2 is 2.05 bits per heavy atom. The molecule has 106 valence electrons. The molecule has 0 unspecified atom stereocenters. The van der Waals surface area contributed by atoms with Gasteiger partial charge in [-0.3, -0.25) is 0 Å². The number of aromatic nitrogens is 1. The smallest absolute Gasteiger partial charge is 0.338 e. The van der Waals surface area contributed by atoms with Crippen LogP contribution in [-0.2, 0) is 4.74 Å². The maximum Gasteiger partial charge on any atom is 0.338 e. The van der Waals surface area contributed by atoms with Crippen LogP contribution in [0.3, 0.4) is 0 Å². The van der Waals surface area contributed by atoms with Gasteiger partial charge in [-0.25, -0.2) is 9.78 Å². The molecule has 1 rings (SSSR count). The van der Waals surface area contributed by atoms with Crippen molar-refractivity contribution in [3.8, 4) is 0 Å². The van der Waals surface area contributed by atoms with Crippen molar-refractivity contribution in [2.45, 2.75) is 39.7 Å². The molecule has 1 heterocycles. The van der Waals surface area contributed by atoms with Crippen molar-refractivity contribution in [2.75, 3.05) is 18.5 Å². The van der Waals surface area contributed by atoms with E-state index in [9.17, 15) is 4.79 Å². The summed E-state index contributed by atoms with van der Waals surface area (Å²) in [7, 11) is 1.96. The molecule has 0 saturated carbocycles. The highest BCUT2D eigenvalue weighted by molar-refractivity contribution is 9.10. The van der Waals surface area contributed by atoms with Gasteiger partial charge in [0.1, 0.15) is 16.0 Å². The topological polar surface area (TPSA) is 42.4 Å². The molecule has 0 saturated heterocycles. The number of hydrogen-bond acceptors (Lipinski definition) is 4. The second kappa shape index (κ2) is 6.37. The molecular weight excluding hydrogens is 308 g/mol. The highest BCUT2D eigenvalue weighted by Gasteiger charge is 2.19. The average molecular weight is 329 g/mol. The Labute approximate surface area is 123 Å². The first kappa shape index (κ1) is 16.0. The summed E-state index contributed by atoms with van der Waals surface area (Å²) in [6.07, 6.45) is 1.02. The van der Waals surface area contributed by atoms with E-state index in [2.05, 4.69) is 27.8 Å². The van der Waals surface area contributed by atoms with E-state index in [0.29, 0.717) is 10.2 Å². The second-order valence-electron chi connectivity index (χ2n) is 5.46. The summed E-state index contributed by atoms with van der Waals surface area (Å²) in [6.45, 7) is 8.54. The van der Waals surface area contributed by atoms with E-state index in [1.807, 2.05) is 32.7 Å². The first-order valence-corrected chi connectivity index (χ1v) is 7.14. The Balaban J connectivity index is 2.99. The standard InChI is InChI=1S/C14H21BrN2O2/c1-6-7-17(5)12-9-10(8-11(15)16-12)13(18)19-14(2,3)4/h8-9H,6-7H2,1-5H3. The number of hydrogen-bond donors (Lipinski definition) is 0. The van der Waals surface area contributed by atoms with Gasteiger partial charge in [0, 0.05) is 13.6 Å². The summed E-state index contributed by atoms with van der Waals surface area (Å²) >= 11 is 3.33. The van der Waals surface area contributed by atoms with Crippen molar-refractivity contribution in [3.05, 3.63) is 22.3 Å². The third kappa shape index (κ3) is 5.19. The molecule has 0 aliphatic heterocycles. The third-order valence-corrected chi connectivity index (χ3v) is 2.77. The van der Waals surface area contributed by atoms with E-state index in [4.69, 9.17) is 4.74 Å². The van der Waals surface area contributed by atoms with Crippen LogP contribution in [0.5, 0.6) is 0 Å². The van der Waals surface area contributed by atoms with Crippen LogP contribution in [0.15, 0.2) is 16.7 Å². The summed E-state index contributed by atoms with van der Waals surface area (Å²) in [4.78, 5) is 18.4. The zero-order chi connectivity index (χ0) is 14.6. The van der Waals surface area contributed by atoms with Crippen LogP contribution in [0.2, 0.25) is 0 Å². The van der Waals surface area contributed by atoms with Crippen molar-refractivity contribution < 1.29 is 9.53 Å². The average Bonchev–Trinajstić information content (AvgIpc) is 2.26. The Hall–Kier alpha value is -1.10. The summed E-state index contributed by atoms with van der Waals surface area (Å²) in [5.74, 6) is 0.429. The third-order valence-electron chi connectivity index (χ3n) is 2.37. The lowest BCUT2D eigenvalue weighted by Crippen LogP contribution is -2.24. The molecule has 1 aromatic rings. The second-order valence-corrected chi connectivity index (χ2v) is 6.27. The van der Waals surface area contributed by atoms with Crippen LogP contribution in [0.25, 0.3) is 0 Å². The lowest BCUT2D eigenvalue weighted by Gasteiger charge is -2.21. The Morgan fingerprint density at radius 1 is 1.42 bits per heavy atom. The van der Waals surface area contributed by atoms with Gasteiger partial charge in [-0.1, -0.05) is 6.92 Å². The minimum atomic E-state index is -0.498. The molecular formula is C14H21BrN2O2. The monoisotopic (exact) mass is 328 g/mol. The molecule has 0 aliphatic rings. The fourth-order valence-electron chi connectivity index (χ4n) is 1.58. The van der Waals surface area contributed by atoms with Crippen molar-refractivity contribution in [1.82, 2.24) is 4.98 Å². The summed E-state index contributed by atoms with van der Waals surface area (Å²) in [5.41, 5.74) is 0.0113. The number of anilines is 1. The van der Waals surface area contributed by atoms with Crippen molar-refractivity contribution in [1.29, 1.82) is 0 Å². The number of carbonyl (C=O) groups excluding carboxylic acids is 1. The molecule has 1 aromatic heterocycles. The number of rotatable bonds is 4. The molecule has 4 nitrogen and oxygen atoms in total. The number of esters is 1. The van der Waals surface area contributed by atoms with Crippen LogP contribution in [0.4, 0.5) is 5.82 Å². The fraction of sp³-hybridized carbons (Fsp3) is 0.571. The number of pyridine rings is 1. The van der Waals surface area contributed by atoms with E-state index >= 15 is 0 Å². The zero-order valence-corrected chi connectivity index (χ0v) is 13.7. The SMILES string of the molecule is CCCN(C)c1cc(C(=O)OC(C)(C)C)cc(Br)n1. The molecule has 19 heavy (non-hydrogen) atoms. The molecule has 0 spiro atoms. The van der Waals surface area contributed by atoms with Gasteiger partial charge in [0.15, 0.2) is 0 Å². The van der Waals surface area contributed by atoms with Gasteiger partial charge in [0.05, 0.1) is 5.56 Å². The largest absolute Gasteiger partial charge is 0.456 e. The van der Waals surface area contributed by atoms with E-state index in [1.165, 1.54) is 0 Å². The first-order chi connectivity index (χ1) is 8.73. The van der Waals surface area contributed by atoms with Gasteiger partial charge in [-0.15, -0.1) is 0 Å². The quantitative estimate of drug-likeness (QED) is 0.625. The lowest BCUT2D eigenvalue weighted by atomic mass is 10.2. The summed E-state index contributed by atoms with van der Waals surface area (Å²) < 4.78 is 6.00. The normalized spacial score (nSPS) is 11.3. The highest BCUT2D eigenvalue weighted by atomic mass is 79.9. The van der Waals surface area contributed by atoms with E-state index in [1.54, 1.807) is 12.1 Å². The first-order valence-electron chi connectivity index (χ1n) is 6.35. The van der Waals surface area contributed by atoms with Crippen LogP contribution in [-0.4, -0.2) is 30.1 Å². The van der Waals surface area contributed by atoms with Gasteiger partial charge in [-0.2, -0.15) is 0 Å². The lowest BCUT2D eigenvalue weighted by molar-refractivity contribution is 0.00693. The number of halogens is 1. The van der Waals surface area contributed by atoms with Gasteiger partial charge in [0.25, 0.3) is 0 Å². The molecule has 5 heteroatoms. The van der Waals surface area contributed by atoms with Crippen molar-refractivity contribution >= 4 is 27.7 Å². The van der Waals surface area contributed by atoms with Crippen LogP contribution < -0.4 is 4.90 Å². The number of ether oxygens (including phenoxy) is 1. The van der Waals surface area contributed by atoms with Gasteiger partial charge in [0.2, 0.25) is 0 Å². The molecule has 0 fully saturated rings. The maximum atomic E-state index is 12.1. The number of carbonyl (C=O) groups is 1. The minimum absolute atomic E-state index is 0.332. The molecule has 0 aromatic carbocycles. The van der Waals surface area contributed by atoms with E-state index in [0.717, 1.165) is 18.8 Å². The molecule has 0 aliphatic carbocycles. The molecule has 0 amide bonds. The zero-order valence-electron chi connectivity index (χ0n) is 12.2. The molecule has 0 bridgehead atoms. The number of nitrogens with zero attached hydrogens (tertiary/aromatic N) is 2. The minimum Gasteiger partial charge on any atom is -0.456 e. The molecule has 0 N–H and O–H groups in total. The van der Waals surface area contributed by atoms with Crippen molar-refractivity contribution in [3.63, 3.8) is 0 Å². The fourth-order valence-corrected chi connectivity index (χ4v) is 2.01. The Kier molecular flexibility index (Phi) is 5.35. The van der Waals surface area contributed by atoms with Gasteiger partial charge < -0.3 is 9.64 Å². The van der Waals surface area contributed by atoms with Crippen molar-refractivity contribution in [2.24, 2.45) is 0 Å². The highest BCUT2D eigenvalue weighted by Crippen LogP contribution is 2.20.